The van der Waals surface area contributed by atoms with E-state index in [1.807, 2.05) is 0 Å². The normalized spacial score (nSPS) is 18.4. The van der Waals surface area contributed by atoms with E-state index in [1.54, 1.807) is 0 Å². The van der Waals surface area contributed by atoms with Crippen molar-refractivity contribution < 1.29 is 4.42 Å². The van der Waals surface area contributed by atoms with E-state index in [4.69, 9.17) is 4.42 Å². The summed E-state index contributed by atoms with van der Waals surface area (Å²) < 4.78 is 5.73. The topological polar surface area (TPSA) is 25.2 Å². The number of rotatable bonds is 6. The Hall–Kier alpha value is -0.760. The lowest BCUT2D eigenvalue weighted by atomic mass is 9.83. The maximum absolute atomic E-state index is 5.73. The molecule has 1 fully saturated rings. The fraction of sp³-hybridized carbons (Fsp3) is 0.714. The van der Waals surface area contributed by atoms with E-state index >= 15 is 0 Å². The third kappa shape index (κ3) is 2.88. The Morgan fingerprint density at radius 1 is 1.44 bits per heavy atom. The number of hydrogen-bond acceptors (Lipinski definition) is 2. The molecule has 2 heteroatoms. The first kappa shape index (κ1) is 11.7. The van der Waals surface area contributed by atoms with Crippen LogP contribution < -0.4 is 5.32 Å². The van der Waals surface area contributed by atoms with E-state index < -0.39 is 0 Å². The third-order valence-electron chi connectivity index (χ3n) is 3.69. The van der Waals surface area contributed by atoms with E-state index in [2.05, 4.69) is 31.3 Å². The molecule has 1 saturated carbocycles. The molecule has 1 aliphatic rings. The van der Waals surface area contributed by atoms with Crippen molar-refractivity contribution in [3.8, 4) is 0 Å². The summed E-state index contributed by atoms with van der Waals surface area (Å²) in [6.07, 6.45) is 6.63. The molecule has 1 heterocycles. The van der Waals surface area contributed by atoms with Gasteiger partial charge in [0.25, 0.3) is 0 Å². The molecule has 1 aromatic rings. The van der Waals surface area contributed by atoms with Gasteiger partial charge >= 0.3 is 0 Å². The van der Waals surface area contributed by atoms with Gasteiger partial charge in [0.1, 0.15) is 11.5 Å². The first-order valence-electron chi connectivity index (χ1n) is 6.61. The second kappa shape index (κ2) is 5.53. The van der Waals surface area contributed by atoms with Gasteiger partial charge in [-0.2, -0.15) is 0 Å². The Bertz CT molecular complexity index is 314. The van der Waals surface area contributed by atoms with Gasteiger partial charge in [-0.1, -0.05) is 26.2 Å². The summed E-state index contributed by atoms with van der Waals surface area (Å²) >= 11 is 0. The van der Waals surface area contributed by atoms with Crippen LogP contribution in [0, 0.1) is 5.92 Å². The van der Waals surface area contributed by atoms with Crippen molar-refractivity contribution in [3.05, 3.63) is 23.7 Å². The summed E-state index contributed by atoms with van der Waals surface area (Å²) in [6, 6.07) is 4.53. The molecule has 16 heavy (non-hydrogen) atoms. The van der Waals surface area contributed by atoms with Crippen molar-refractivity contribution in [2.24, 2.45) is 5.92 Å². The Kier molecular flexibility index (Phi) is 4.05. The highest BCUT2D eigenvalue weighted by Gasteiger charge is 2.17. The predicted octanol–water partition coefficient (Wildman–Crippen LogP) is 3.68. The van der Waals surface area contributed by atoms with Crippen LogP contribution in [-0.4, -0.2) is 6.54 Å². The van der Waals surface area contributed by atoms with Gasteiger partial charge in [-0.25, -0.2) is 0 Å². The van der Waals surface area contributed by atoms with E-state index in [-0.39, 0.29) is 0 Å². The van der Waals surface area contributed by atoms with Crippen LogP contribution in [-0.2, 0) is 6.42 Å². The minimum Gasteiger partial charge on any atom is -0.464 e. The van der Waals surface area contributed by atoms with Gasteiger partial charge in [0.2, 0.25) is 0 Å². The summed E-state index contributed by atoms with van der Waals surface area (Å²) in [5.74, 6) is 3.15. The standard InChI is InChI=1S/C14H23NO/c1-3-13-7-8-14(16-13)11(2)15-10-9-12-5-4-6-12/h7-8,11-12,15H,3-6,9-10H2,1-2H3. The maximum Gasteiger partial charge on any atom is 0.120 e. The highest BCUT2D eigenvalue weighted by atomic mass is 16.3. The molecule has 90 valence electrons. The SMILES string of the molecule is CCc1ccc(C(C)NCCC2CCC2)o1. The average molecular weight is 221 g/mol. The molecule has 1 unspecified atom stereocenters. The van der Waals surface area contributed by atoms with Crippen LogP contribution in [0.2, 0.25) is 0 Å². The van der Waals surface area contributed by atoms with Gasteiger partial charge in [0.15, 0.2) is 0 Å². The fourth-order valence-electron chi connectivity index (χ4n) is 2.20. The lowest BCUT2D eigenvalue weighted by Gasteiger charge is -2.25. The molecular weight excluding hydrogens is 198 g/mol. The first-order valence-corrected chi connectivity index (χ1v) is 6.61. The molecule has 0 spiro atoms. The average Bonchev–Trinajstić information content (AvgIpc) is 2.69. The van der Waals surface area contributed by atoms with Crippen molar-refractivity contribution in [1.82, 2.24) is 5.32 Å². The molecule has 0 aliphatic heterocycles. The highest BCUT2D eigenvalue weighted by molar-refractivity contribution is 5.10. The molecule has 1 aromatic heterocycles. The molecule has 0 radical (unpaired) electrons. The van der Waals surface area contributed by atoms with E-state index in [1.165, 1.54) is 25.7 Å². The molecule has 1 aliphatic carbocycles. The number of nitrogens with one attached hydrogen (secondary N) is 1. The largest absolute Gasteiger partial charge is 0.464 e. The van der Waals surface area contributed by atoms with Crippen molar-refractivity contribution >= 4 is 0 Å². The molecule has 1 N–H and O–H groups in total. The maximum atomic E-state index is 5.73. The minimum atomic E-state index is 0.348. The lowest BCUT2D eigenvalue weighted by molar-refractivity contribution is 0.285. The van der Waals surface area contributed by atoms with E-state index in [0.717, 1.165) is 30.4 Å². The van der Waals surface area contributed by atoms with Crippen LogP contribution in [0.5, 0.6) is 0 Å². The zero-order valence-corrected chi connectivity index (χ0v) is 10.5. The van der Waals surface area contributed by atoms with E-state index in [9.17, 15) is 0 Å². The Morgan fingerprint density at radius 3 is 2.81 bits per heavy atom. The first-order chi connectivity index (χ1) is 7.79. The minimum absolute atomic E-state index is 0.348. The molecular formula is C14H23NO. The van der Waals surface area contributed by atoms with Gasteiger partial charge in [-0.15, -0.1) is 0 Å². The summed E-state index contributed by atoms with van der Waals surface area (Å²) in [5, 5.41) is 3.54. The van der Waals surface area contributed by atoms with Crippen molar-refractivity contribution in [3.63, 3.8) is 0 Å². The summed E-state index contributed by atoms with van der Waals surface area (Å²) in [7, 11) is 0. The Balaban J connectivity index is 1.71. The van der Waals surface area contributed by atoms with Crippen molar-refractivity contribution in [2.75, 3.05) is 6.54 Å². The van der Waals surface area contributed by atoms with Crippen molar-refractivity contribution in [2.45, 2.75) is 52.0 Å². The van der Waals surface area contributed by atoms with Gasteiger partial charge in [0.05, 0.1) is 6.04 Å². The quantitative estimate of drug-likeness (QED) is 0.792. The monoisotopic (exact) mass is 221 g/mol. The van der Waals surface area contributed by atoms with Gasteiger partial charge in [-0.3, -0.25) is 0 Å². The number of aryl methyl sites for hydroxylation is 1. The smallest absolute Gasteiger partial charge is 0.120 e. The highest BCUT2D eigenvalue weighted by Crippen LogP contribution is 2.29. The van der Waals surface area contributed by atoms with Gasteiger partial charge in [-0.05, 0) is 37.9 Å². The number of hydrogen-bond donors (Lipinski definition) is 1. The molecule has 0 saturated heterocycles. The molecule has 2 rings (SSSR count). The van der Waals surface area contributed by atoms with Crippen LogP contribution >= 0.6 is 0 Å². The summed E-state index contributed by atoms with van der Waals surface area (Å²) in [4.78, 5) is 0. The van der Waals surface area contributed by atoms with Crippen LogP contribution in [0.1, 0.15) is 57.1 Å². The molecule has 1 atom stereocenters. The van der Waals surface area contributed by atoms with Crippen LogP contribution in [0.25, 0.3) is 0 Å². The Labute approximate surface area is 98.4 Å². The van der Waals surface area contributed by atoms with Gasteiger partial charge < -0.3 is 9.73 Å². The third-order valence-corrected chi connectivity index (χ3v) is 3.69. The molecule has 2 nitrogen and oxygen atoms in total. The predicted molar refractivity (Wildman–Crippen MR) is 66.5 cm³/mol. The fourth-order valence-corrected chi connectivity index (χ4v) is 2.20. The second-order valence-electron chi connectivity index (χ2n) is 4.92. The summed E-state index contributed by atoms with van der Waals surface area (Å²) in [5.41, 5.74) is 0. The van der Waals surface area contributed by atoms with Crippen LogP contribution in [0.3, 0.4) is 0 Å². The second-order valence-corrected chi connectivity index (χ2v) is 4.92. The zero-order chi connectivity index (χ0) is 11.4. The Morgan fingerprint density at radius 2 is 2.25 bits per heavy atom. The van der Waals surface area contributed by atoms with Crippen LogP contribution in [0.15, 0.2) is 16.5 Å². The van der Waals surface area contributed by atoms with Gasteiger partial charge in [0, 0.05) is 6.42 Å². The molecule has 0 amide bonds. The number of furan rings is 1. The zero-order valence-electron chi connectivity index (χ0n) is 10.5. The van der Waals surface area contributed by atoms with E-state index in [0.29, 0.717) is 6.04 Å². The van der Waals surface area contributed by atoms with Crippen LogP contribution in [0.4, 0.5) is 0 Å². The molecule has 0 bridgehead atoms. The summed E-state index contributed by atoms with van der Waals surface area (Å²) in [6.45, 7) is 5.42. The molecule has 0 aromatic carbocycles. The van der Waals surface area contributed by atoms with Crippen molar-refractivity contribution in [1.29, 1.82) is 0 Å². The lowest BCUT2D eigenvalue weighted by Crippen LogP contribution is -2.23.